The number of ether oxygens (including phenoxy) is 2. The first-order chi connectivity index (χ1) is 12.5. The molecule has 0 aliphatic carbocycles. The Morgan fingerprint density at radius 3 is 2.54 bits per heavy atom. The molecular weight excluding hydrogens is 354 g/mol. The number of amides is 1. The highest BCUT2D eigenvalue weighted by molar-refractivity contribution is 6.30. The third-order valence-corrected chi connectivity index (χ3v) is 4.06. The van der Waals surface area contributed by atoms with Crippen molar-refractivity contribution in [2.75, 3.05) is 11.9 Å². The molecule has 26 heavy (non-hydrogen) atoms. The zero-order valence-electron chi connectivity index (χ0n) is 15.0. The number of rotatable bonds is 7. The van der Waals surface area contributed by atoms with Crippen molar-refractivity contribution in [3.8, 4) is 5.75 Å². The Labute approximate surface area is 158 Å². The highest BCUT2D eigenvalue weighted by atomic mass is 35.5. The van der Waals surface area contributed by atoms with Crippen molar-refractivity contribution < 1.29 is 19.1 Å². The number of halogens is 1. The second-order valence-electron chi connectivity index (χ2n) is 5.66. The van der Waals surface area contributed by atoms with Crippen molar-refractivity contribution in [1.29, 1.82) is 0 Å². The van der Waals surface area contributed by atoms with Gasteiger partial charge in [-0.3, -0.25) is 4.79 Å². The van der Waals surface area contributed by atoms with E-state index in [2.05, 4.69) is 5.32 Å². The number of hydrogen-bond donors (Lipinski definition) is 1. The van der Waals surface area contributed by atoms with Gasteiger partial charge in [-0.05, 0) is 56.2 Å². The maximum absolute atomic E-state index is 12.6. The fourth-order valence-electron chi connectivity index (χ4n) is 2.44. The van der Waals surface area contributed by atoms with E-state index in [1.165, 1.54) is 0 Å². The molecule has 1 amide bonds. The van der Waals surface area contributed by atoms with Crippen molar-refractivity contribution in [1.82, 2.24) is 0 Å². The van der Waals surface area contributed by atoms with Gasteiger partial charge in [0.25, 0.3) is 5.91 Å². The van der Waals surface area contributed by atoms with Gasteiger partial charge < -0.3 is 14.8 Å². The van der Waals surface area contributed by atoms with Gasteiger partial charge in [-0.15, -0.1) is 0 Å². The lowest BCUT2D eigenvalue weighted by Crippen LogP contribution is -2.32. The summed E-state index contributed by atoms with van der Waals surface area (Å²) >= 11 is 5.95. The molecule has 0 saturated heterocycles. The van der Waals surface area contributed by atoms with E-state index in [1.54, 1.807) is 56.3 Å². The van der Waals surface area contributed by atoms with Crippen LogP contribution in [0, 0.1) is 6.92 Å². The summed E-state index contributed by atoms with van der Waals surface area (Å²) in [6.07, 6.45) is -0.200. The Morgan fingerprint density at radius 2 is 1.88 bits per heavy atom. The maximum Gasteiger partial charge on any atom is 0.338 e. The summed E-state index contributed by atoms with van der Waals surface area (Å²) in [5.74, 6) is -0.184. The molecule has 2 rings (SSSR count). The van der Waals surface area contributed by atoms with Gasteiger partial charge in [0.05, 0.1) is 12.2 Å². The van der Waals surface area contributed by atoms with Crippen LogP contribution in [0.15, 0.2) is 42.5 Å². The summed E-state index contributed by atoms with van der Waals surface area (Å²) in [6, 6.07) is 12.0. The molecule has 0 aliphatic heterocycles. The van der Waals surface area contributed by atoms with Crippen LogP contribution < -0.4 is 10.1 Å². The first-order valence-corrected chi connectivity index (χ1v) is 8.83. The molecule has 0 fully saturated rings. The standard InChI is InChI=1S/C20H22ClNO4/c1-4-18(26-15-9-6-8-14(21)12-15)19(23)22-17-11-7-10-16(13(17)3)20(24)25-5-2/h6-12,18H,4-5H2,1-3H3,(H,22,23)/t18-/m1/s1. The lowest BCUT2D eigenvalue weighted by molar-refractivity contribution is -0.122. The molecule has 5 nitrogen and oxygen atoms in total. The second-order valence-corrected chi connectivity index (χ2v) is 6.10. The van der Waals surface area contributed by atoms with Crippen LogP contribution in [0.25, 0.3) is 0 Å². The maximum atomic E-state index is 12.6. The van der Waals surface area contributed by atoms with Crippen LogP contribution in [0.3, 0.4) is 0 Å². The van der Waals surface area contributed by atoms with Gasteiger partial charge in [0.2, 0.25) is 0 Å². The van der Waals surface area contributed by atoms with Crippen LogP contribution >= 0.6 is 11.6 Å². The molecule has 0 saturated carbocycles. The van der Waals surface area contributed by atoms with Crippen LogP contribution in [-0.2, 0) is 9.53 Å². The van der Waals surface area contributed by atoms with Gasteiger partial charge in [0, 0.05) is 10.7 Å². The average Bonchev–Trinajstić information content (AvgIpc) is 2.61. The van der Waals surface area contributed by atoms with E-state index in [0.717, 1.165) is 0 Å². The minimum absolute atomic E-state index is 0.292. The molecular formula is C20H22ClNO4. The van der Waals surface area contributed by atoms with Crippen molar-refractivity contribution in [3.05, 3.63) is 58.6 Å². The highest BCUT2D eigenvalue weighted by Crippen LogP contribution is 2.22. The Morgan fingerprint density at radius 1 is 1.15 bits per heavy atom. The van der Waals surface area contributed by atoms with E-state index in [-0.39, 0.29) is 5.91 Å². The van der Waals surface area contributed by atoms with Gasteiger partial charge in [-0.2, -0.15) is 0 Å². The molecule has 2 aromatic rings. The Kier molecular flexibility index (Phi) is 7.04. The van der Waals surface area contributed by atoms with Gasteiger partial charge >= 0.3 is 5.97 Å². The fraction of sp³-hybridized carbons (Fsp3) is 0.300. The van der Waals surface area contributed by atoms with Gasteiger partial charge in [-0.25, -0.2) is 4.79 Å². The Balaban J connectivity index is 2.14. The predicted molar refractivity (Wildman–Crippen MR) is 102 cm³/mol. The minimum atomic E-state index is -0.681. The quantitative estimate of drug-likeness (QED) is 0.717. The molecule has 0 aromatic heterocycles. The molecule has 1 atom stereocenters. The van der Waals surface area contributed by atoms with Gasteiger partial charge in [0.1, 0.15) is 5.75 Å². The highest BCUT2D eigenvalue weighted by Gasteiger charge is 2.21. The molecule has 2 aromatic carbocycles. The molecule has 0 aliphatic rings. The van der Waals surface area contributed by atoms with E-state index in [1.807, 2.05) is 6.92 Å². The average molecular weight is 376 g/mol. The summed E-state index contributed by atoms with van der Waals surface area (Å²) in [6.45, 7) is 5.66. The van der Waals surface area contributed by atoms with E-state index in [9.17, 15) is 9.59 Å². The first-order valence-electron chi connectivity index (χ1n) is 8.46. The first kappa shape index (κ1) is 19.8. The number of anilines is 1. The number of hydrogen-bond acceptors (Lipinski definition) is 4. The monoisotopic (exact) mass is 375 g/mol. The molecule has 0 spiro atoms. The van der Waals surface area contributed by atoms with Crippen molar-refractivity contribution >= 4 is 29.2 Å². The minimum Gasteiger partial charge on any atom is -0.481 e. The SMILES string of the molecule is CCOC(=O)c1cccc(NC(=O)[C@@H](CC)Oc2cccc(Cl)c2)c1C. The third kappa shape index (κ3) is 4.99. The van der Waals surface area contributed by atoms with E-state index < -0.39 is 12.1 Å². The normalized spacial score (nSPS) is 11.5. The fourth-order valence-corrected chi connectivity index (χ4v) is 2.62. The molecule has 6 heteroatoms. The molecule has 138 valence electrons. The van der Waals surface area contributed by atoms with Crippen LogP contribution in [0.5, 0.6) is 5.75 Å². The van der Waals surface area contributed by atoms with E-state index >= 15 is 0 Å². The van der Waals surface area contributed by atoms with Crippen LogP contribution in [-0.4, -0.2) is 24.6 Å². The molecule has 0 radical (unpaired) electrons. The summed E-state index contributed by atoms with van der Waals surface area (Å²) in [5, 5.41) is 3.37. The van der Waals surface area contributed by atoms with E-state index in [4.69, 9.17) is 21.1 Å². The zero-order valence-corrected chi connectivity index (χ0v) is 15.8. The molecule has 0 unspecified atom stereocenters. The van der Waals surface area contributed by atoms with Crippen LogP contribution in [0.2, 0.25) is 5.02 Å². The Hall–Kier alpha value is -2.53. The molecule has 1 N–H and O–H groups in total. The van der Waals surface area contributed by atoms with Crippen LogP contribution in [0.1, 0.15) is 36.2 Å². The van der Waals surface area contributed by atoms with Crippen LogP contribution in [0.4, 0.5) is 5.69 Å². The summed E-state index contributed by atoms with van der Waals surface area (Å²) in [5.41, 5.74) is 1.62. The van der Waals surface area contributed by atoms with Crippen molar-refractivity contribution in [2.45, 2.75) is 33.3 Å². The topological polar surface area (TPSA) is 64.6 Å². The second kappa shape index (κ2) is 9.25. The van der Waals surface area contributed by atoms with Crippen molar-refractivity contribution in [2.24, 2.45) is 0 Å². The number of nitrogens with one attached hydrogen (secondary N) is 1. The summed E-state index contributed by atoms with van der Waals surface area (Å²) in [7, 11) is 0. The van der Waals surface area contributed by atoms with Gasteiger partial charge in [-0.1, -0.05) is 30.7 Å². The zero-order chi connectivity index (χ0) is 19.1. The summed E-state index contributed by atoms with van der Waals surface area (Å²) < 4.78 is 10.8. The lowest BCUT2D eigenvalue weighted by Gasteiger charge is -2.19. The van der Waals surface area contributed by atoms with E-state index in [0.29, 0.717) is 40.6 Å². The Bertz CT molecular complexity index is 791. The number of carbonyl (C=O) groups excluding carboxylic acids is 2. The predicted octanol–water partition coefficient (Wildman–Crippen LogP) is 4.62. The third-order valence-electron chi connectivity index (χ3n) is 3.82. The number of carbonyl (C=O) groups is 2. The molecule has 0 bridgehead atoms. The number of esters is 1. The lowest BCUT2D eigenvalue weighted by atomic mass is 10.1. The molecule has 0 heterocycles. The summed E-state index contributed by atoms with van der Waals surface area (Å²) in [4.78, 5) is 24.6. The van der Waals surface area contributed by atoms with Crippen molar-refractivity contribution in [3.63, 3.8) is 0 Å². The largest absolute Gasteiger partial charge is 0.481 e. The number of benzene rings is 2. The van der Waals surface area contributed by atoms with Gasteiger partial charge in [0.15, 0.2) is 6.10 Å². The smallest absolute Gasteiger partial charge is 0.338 e.